The minimum Gasteiger partial charge on any atom is -0.487 e. The van der Waals surface area contributed by atoms with Gasteiger partial charge in [0, 0.05) is 32.0 Å². The number of aliphatic hydroxyl groups is 2. The number of pyridine rings is 1. The normalized spacial score (nSPS) is 18.2. The molecule has 0 radical (unpaired) electrons. The standard InChI is InChI=1S/C25H29F2N5O4/c1-25(2,34)22(33)19-10-18-20(11-28-19)31-24(23(30-18)29-15-12-35-13-15)32-7-5-16(6-8-32)36-21-4-3-14(26)9-17(21)27/h3-4,9-11,15-16,22,33-34H,5-8,12-13H2,1-2H3,(H,29,30). The topological polar surface area (TPSA) is 113 Å². The molecule has 2 saturated heterocycles. The second kappa shape index (κ2) is 9.72. The summed E-state index contributed by atoms with van der Waals surface area (Å²) in [6.45, 7) is 5.37. The molecule has 1 unspecified atom stereocenters. The quantitative estimate of drug-likeness (QED) is 0.450. The molecule has 2 fully saturated rings. The van der Waals surface area contributed by atoms with Crippen LogP contribution in [0.1, 0.15) is 38.5 Å². The summed E-state index contributed by atoms with van der Waals surface area (Å²) in [5.74, 6) is -0.0536. The summed E-state index contributed by atoms with van der Waals surface area (Å²) in [7, 11) is 0. The second-order valence-corrected chi connectivity index (χ2v) is 9.81. The van der Waals surface area contributed by atoms with Crippen molar-refractivity contribution in [2.45, 2.75) is 50.5 Å². The number of aliphatic hydroxyl groups excluding tert-OH is 1. The Bertz CT molecular complexity index is 1240. The summed E-state index contributed by atoms with van der Waals surface area (Å²) in [6.07, 6.45) is 1.40. The highest BCUT2D eigenvalue weighted by molar-refractivity contribution is 5.80. The van der Waals surface area contributed by atoms with Crippen LogP contribution in [0, 0.1) is 11.6 Å². The van der Waals surface area contributed by atoms with Crippen LogP contribution in [0.5, 0.6) is 5.75 Å². The van der Waals surface area contributed by atoms with Crippen molar-refractivity contribution < 1.29 is 28.5 Å². The first-order chi connectivity index (χ1) is 17.2. The van der Waals surface area contributed by atoms with Gasteiger partial charge in [-0.25, -0.2) is 18.7 Å². The summed E-state index contributed by atoms with van der Waals surface area (Å²) >= 11 is 0. The lowest BCUT2D eigenvalue weighted by Crippen LogP contribution is -2.42. The Balaban J connectivity index is 1.37. The molecule has 11 heteroatoms. The van der Waals surface area contributed by atoms with E-state index in [1.807, 2.05) is 0 Å². The molecule has 5 rings (SSSR count). The Morgan fingerprint density at radius 2 is 1.89 bits per heavy atom. The lowest BCUT2D eigenvalue weighted by atomic mass is 9.98. The van der Waals surface area contributed by atoms with Gasteiger partial charge < -0.3 is 29.9 Å². The number of hydrogen-bond acceptors (Lipinski definition) is 9. The van der Waals surface area contributed by atoms with E-state index in [0.29, 0.717) is 67.5 Å². The maximum Gasteiger partial charge on any atom is 0.172 e. The highest BCUT2D eigenvalue weighted by Gasteiger charge is 2.30. The van der Waals surface area contributed by atoms with Crippen LogP contribution in [0.15, 0.2) is 30.5 Å². The molecule has 0 amide bonds. The van der Waals surface area contributed by atoms with Gasteiger partial charge in [-0.15, -0.1) is 0 Å². The highest BCUT2D eigenvalue weighted by atomic mass is 19.1. The van der Waals surface area contributed by atoms with Crippen molar-refractivity contribution in [2.75, 3.05) is 36.5 Å². The summed E-state index contributed by atoms with van der Waals surface area (Å²) in [4.78, 5) is 16.0. The molecule has 4 heterocycles. The van der Waals surface area contributed by atoms with Crippen LogP contribution >= 0.6 is 0 Å². The molecule has 2 aliphatic rings. The number of nitrogens with zero attached hydrogens (tertiary/aromatic N) is 4. The van der Waals surface area contributed by atoms with Crippen LogP contribution in [0.2, 0.25) is 0 Å². The third-order valence-corrected chi connectivity index (χ3v) is 6.41. The SMILES string of the molecule is CC(C)(O)C(O)c1cc2nc(NC3COC3)c(N3CCC(Oc4ccc(F)cc4F)CC3)nc2cn1. The first-order valence-electron chi connectivity index (χ1n) is 12.0. The highest BCUT2D eigenvalue weighted by Crippen LogP contribution is 2.32. The van der Waals surface area contributed by atoms with Crippen molar-refractivity contribution in [3.8, 4) is 5.75 Å². The number of aromatic nitrogens is 3. The summed E-state index contributed by atoms with van der Waals surface area (Å²) in [6, 6.07) is 5.05. The van der Waals surface area contributed by atoms with Crippen molar-refractivity contribution >= 4 is 22.7 Å². The molecule has 2 aliphatic heterocycles. The molecule has 0 aliphatic carbocycles. The number of fused-ring (bicyclic) bond motifs is 1. The fraction of sp³-hybridized carbons (Fsp3) is 0.480. The van der Waals surface area contributed by atoms with E-state index in [0.717, 1.165) is 6.07 Å². The lowest BCUT2D eigenvalue weighted by Gasteiger charge is -2.35. The van der Waals surface area contributed by atoms with Crippen LogP contribution in [-0.4, -0.2) is 69.2 Å². The molecule has 2 aromatic heterocycles. The molecule has 192 valence electrons. The van der Waals surface area contributed by atoms with Gasteiger partial charge in [0.05, 0.1) is 42.3 Å². The first kappa shape index (κ1) is 24.5. The number of piperidine rings is 1. The largest absolute Gasteiger partial charge is 0.487 e. The maximum atomic E-state index is 14.0. The van der Waals surface area contributed by atoms with Crippen molar-refractivity contribution in [1.29, 1.82) is 0 Å². The van der Waals surface area contributed by atoms with Gasteiger partial charge in [-0.2, -0.15) is 0 Å². The monoisotopic (exact) mass is 501 g/mol. The Morgan fingerprint density at radius 1 is 1.14 bits per heavy atom. The number of hydrogen-bond donors (Lipinski definition) is 3. The summed E-state index contributed by atoms with van der Waals surface area (Å²) < 4.78 is 38.3. The van der Waals surface area contributed by atoms with E-state index in [4.69, 9.17) is 19.4 Å². The molecular weight excluding hydrogens is 472 g/mol. The molecule has 0 bridgehead atoms. The van der Waals surface area contributed by atoms with Crippen molar-refractivity contribution in [3.05, 3.63) is 47.8 Å². The van der Waals surface area contributed by atoms with Crippen LogP contribution in [0.3, 0.4) is 0 Å². The molecule has 36 heavy (non-hydrogen) atoms. The summed E-state index contributed by atoms with van der Waals surface area (Å²) in [5.41, 5.74) is 0.0429. The number of rotatable bonds is 7. The molecule has 3 N–H and O–H groups in total. The minimum atomic E-state index is -1.36. The van der Waals surface area contributed by atoms with Gasteiger partial charge in [-0.05, 0) is 32.0 Å². The molecular formula is C25H29F2N5O4. The second-order valence-electron chi connectivity index (χ2n) is 9.81. The van der Waals surface area contributed by atoms with Gasteiger partial charge in [0.15, 0.2) is 23.2 Å². The Hall–Kier alpha value is -3.15. The predicted octanol–water partition coefficient (Wildman–Crippen LogP) is 2.97. The Labute approximate surface area is 207 Å². The molecule has 3 aromatic rings. The van der Waals surface area contributed by atoms with E-state index in [2.05, 4.69) is 15.2 Å². The zero-order valence-corrected chi connectivity index (χ0v) is 20.1. The minimum absolute atomic E-state index is 0.0443. The van der Waals surface area contributed by atoms with Crippen molar-refractivity contribution in [2.24, 2.45) is 0 Å². The number of nitrogens with one attached hydrogen (secondary N) is 1. The number of halogens is 2. The average Bonchev–Trinajstić information content (AvgIpc) is 2.82. The third kappa shape index (κ3) is 5.18. The van der Waals surface area contributed by atoms with Crippen LogP contribution in [0.4, 0.5) is 20.4 Å². The summed E-state index contributed by atoms with van der Waals surface area (Å²) in [5, 5.41) is 24.0. The lowest BCUT2D eigenvalue weighted by molar-refractivity contribution is -0.0516. The maximum absolute atomic E-state index is 14.0. The van der Waals surface area contributed by atoms with Gasteiger partial charge in [0.25, 0.3) is 0 Å². The first-order valence-corrected chi connectivity index (χ1v) is 12.0. The number of benzene rings is 1. The van der Waals surface area contributed by atoms with Gasteiger partial charge in [0.2, 0.25) is 0 Å². The zero-order valence-electron chi connectivity index (χ0n) is 20.1. The molecule has 0 saturated carbocycles. The molecule has 1 aromatic carbocycles. The smallest absolute Gasteiger partial charge is 0.172 e. The molecule has 0 spiro atoms. The molecule has 9 nitrogen and oxygen atoms in total. The zero-order chi connectivity index (χ0) is 25.4. The predicted molar refractivity (Wildman–Crippen MR) is 129 cm³/mol. The van der Waals surface area contributed by atoms with E-state index in [1.54, 1.807) is 12.3 Å². The van der Waals surface area contributed by atoms with E-state index in [1.165, 1.54) is 26.0 Å². The Morgan fingerprint density at radius 3 is 2.53 bits per heavy atom. The van der Waals surface area contributed by atoms with E-state index >= 15 is 0 Å². The average molecular weight is 502 g/mol. The van der Waals surface area contributed by atoms with E-state index < -0.39 is 23.3 Å². The molecule has 1 atom stereocenters. The Kier molecular flexibility index (Phi) is 6.62. The van der Waals surface area contributed by atoms with Gasteiger partial charge >= 0.3 is 0 Å². The third-order valence-electron chi connectivity index (χ3n) is 6.41. The van der Waals surface area contributed by atoms with E-state index in [9.17, 15) is 19.0 Å². The number of anilines is 2. The van der Waals surface area contributed by atoms with Crippen LogP contribution in [0.25, 0.3) is 11.0 Å². The van der Waals surface area contributed by atoms with Gasteiger partial charge in [-0.1, -0.05) is 0 Å². The van der Waals surface area contributed by atoms with Gasteiger partial charge in [-0.3, -0.25) is 4.98 Å². The number of ether oxygens (including phenoxy) is 2. The van der Waals surface area contributed by atoms with Crippen molar-refractivity contribution in [1.82, 2.24) is 15.0 Å². The van der Waals surface area contributed by atoms with E-state index in [-0.39, 0.29) is 17.9 Å². The fourth-order valence-electron chi connectivity index (χ4n) is 4.24. The van der Waals surface area contributed by atoms with Crippen molar-refractivity contribution in [3.63, 3.8) is 0 Å². The fourth-order valence-corrected chi connectivity index (χ4v) is 4.24. The van der Waals surface area contributed by atoms with Crippen LogP contribution < -0.4 is 15.0 Å². The van der Waals surface area contributed by atoms with Gasteiger partial charge in [0.1, 0.15) is 23.5 Å². The van der Waals surface area contributed by atoms with Crippen LogP contribution in [-0.2, 0) is 4.74 Å².